The van der Waals surface area contributed by atoms with Gasteiger partial charge in [0.1, 0.15) is 5.76 Å². The fourth-order valence-electron chi connectivity index (χ4n) is 4.47. The molecule has 0 radical (unpaired) electrons. The van der Waals surface area contributed by atoms with E-state index in [1.165, 1.54) is 36.1 Å². The Bertz CT molecular complexity index is 462. The number of ether oxygens (including phenoxy) is 1. The van der Waals surface area contributed by atoms with Crippen LogP contribution in [0.4, 0.5) is 0 Å². The Hall–Kier alpha value is -0.760. The smallest absolute Gasteiger partial charge is 0.110 e. The summed E-state index contributed by atoms with van der Waals surface area (Å²) >= 11 is 0. The first-order valence-corrected chi connectivity index (χ1v) is 7.77. The van der Waals surface area contributed by atoms with Crippen LogP contribution in [0.5, 0.6) is 0 Å². The molecule has 4 atom stereocenters. The summed E-state index contributed by atoms with van der Waals surface area (Å²) in [6.07, 6.45) is 7.26. The highest BCUT2D eigenvalue weighted by molar-refractivity contribution is 5.35. The number of hydrogen-bond donors (Lipinski definition) is 0. The molecular formula is C17H26O2. The van der Waals surface area contributed by atoms with Crippen LogP contribution in [0.2, 0.25) is 0 Å². The molecule has 0 aliphatic heterocycles. The number of fused-ring (bicyclic) bond motifs is 2. The lowest BCUT2D eigenvalue weighted by Crippen LogP contribution is -2.47. The van der Waals surface area contributed by atoms with E-state index >= 15 is 0 Å². The van der Waals surface area contributed by atoms with Gasteiger partial charge in [0.05, 0.1) is 12.4 Å². The predicted octanol–water partition coefficient (Wildman–Crippen LogP) is 4.66. The zero-order valence-electron chi connectivity index (χ0n) is 12.7. The Morgan fingerprint density at radius 1 is 1.42 bits per heavy atom. The highest BCUT2D eigenvalue weighted by Crippen LogP contribution is 2.59. The Kier molecular flexibility index (Phi) is 3.24. The molecule has 1 saturated carbocycles. The minimum Gasteiger partial charge on any atom is -0.469 e. The van der Waals surface area contributed by atoms with Gasteiger partial charge in [0.25, 0.3) is 0 Å². The van der Waals surface area contributed by atoms with E-state index in [0.717, 1.165) is 18.9 Å². The molecule has 0 aromatic carbocycles. The van der Waals surface area contributed by atoms with E-state index in [1.54, 1.807) is 0 Å². The first kappa shape index (κ1) is 13.2. The van der Waals surface area contributed by atoms with Crippen molar-refractivity contribution in [3.05, 3.63) is 23.2 Å². The van der Waals surface area contributed by atoms with Crippen LogP contribution < -0.4 is 0 Å². The molecule has 3 rings (SSSR count). The quantitative estimate of drug-likeness (QED) is 0.773. The molecule has 19 heavy (non-hydrogen) atoms. The molecule has 0 N–H and O–H groups in total. The van der Waals surface area contributed by atoms with Crippen LogP contribution in [0.1, 0.15) is 63.0 Å². The van der Waals surface area contributed by atoms with Crippen LogP contribution in [0.25, 0.3) is 0 Å². The van der Waals surface area contributed by atoms with Gasteiger partial charge in [-0.2, -0.15) is 0 Å². The van der Waals surface area contributed by atoms with Crippen molar-refractivity contribution < 1.29 is 9.15 Å². The molecule has 2 heteroatoms. The number of furan rings is 1. The van der Waals surface area contributed by atoms with Crippen LogP contribution in [-0.2, 0) is 11.2 Å². The van der Waals surface area contributed by atoms with Gasteiger partial charge in [-0.3, -0.25) is 0 Å². The summed E-state index contributed by atoms with van der Waals surface area (Å²) in [4.78, 5) is 0. The topological polar surface area (TPSA) is 22.4 Å². The van der Waals surface area contributed by atoms with Crippen LogP contribution in [-0.4, -0.2) is 6.61 Å². The molecule has 1 heterocycles. The van der Waals surface area contributed by atoms with E-state index in [4.69, 9.17) is 9.15 Å². The molecule has 0 saturated heterocycles. The molecule has 0 unspecified atom stereocenters. The average molecular weight is 262 g/mol. The number of rotatable bonds is 2. The Balaban J connectivity index is 2.10. The zero-order chi connectivity index (χ0) is 13.6. The standard InChI is InChI=1S/C17H26O2/c1-5-18-16-15-11(2)10-19-14(15)9-13-8-6-7-12(3)17(13,16)4/h10,12-13,16H,5-9H2,1-4H3/t12-,13+,16+,17+/m0/s1. The number of hydrogen-bond acceptors (Lipinski definition) is 2. The summed E-state index contributed by atoms with van der Waals surface area (Å²) < 4.78 is 12.0. The van der Waals surface area contributed by atoms with Crippen molar-refractivity contribution in [1.82, 2.24) is 0 Å². The second-order valence-electron chi connectivity index (χ2n) is 6.69. The second kappa shape index (κ2) is 4.66. The van der Waals surface area contributed by atoms with Gasteiger partial charge in [0, 0.05) is 24.0 Å². The van der Waals surface area contributed by atoms with Gasteiger partial charge < -0.3 is 9.15 Å². The molecule has 106 valence electrons. The average Bonchev–Trinajstić information content (AvgIpc) is 2.74. The second-order valence-corrected chi connectivity index (χ2v) is 6.69. The molecular weight excluding hydrogens is 236 g/mol. The highest BCUT2D eigenvalue weighted by atomic mass is 16.5. The molecule has 0 bridgehead atoms. The van der Waals surface area contributed by atoms with E-state index in [9.17, 15) is 0 Å². The fourth-order valence-corrected chi connectivity index (χ4v) is 4.47. The molecule has 1 aromatic rings. The maximum atomic E-state index is 6.23. The fraction of sp³-hybridized carbons (Fsp3) is 0.765. The molecule has 2 aliphatic rings. The third-order valence-corrected chi connectivity index (χ3v) is 5.83. The van der Waals surface area contributed by atoms with E-state index in [1.807, 2.05) is 6.26 Å². The Morgan fingerprint density at radius 3 is 2.95 bits per heavy atom. The van der Waals surface area contributed by atoms with Crippen molar-refractivity contribution >= 4 is 0 Å². The first-order valence-electron chi connectivity index (χ1n) is 7.77. The van der Waals surface area contributed by atoms with Crippen molar-refractivity contribution in [2.24, 2.45) is 17.3 Å². The van der Waals surface area contributed by atoms with Crippen molar-refractivity contribution in [2.75, 3.05) is 6.61 Å². The maximum Gasteiger partial charge on any atom is 0.110 e. The van der Waals surface area contributed by atoms with Gasteiger partial charge in [-0.25, -0.2) is 0 Å². The molecule has 1 fully saturated rings. The largest absolute Gasteiger partial charge is 0.469 e. The summed E-state index contributed by atoms with van der Waals surface area (Å²) in [6, 6.07) is 0. The highest BCUT2D eigenvalue weighted by Gasteiger charge is 2.53. The van der Waals surface area contributed by atoms with Gasteiger partial charge in [0.2, 0.25) is 0 Å². The molecule has 0 spiro atoms. The Labute approximate surface area is 116 Å². The summed E-state index contributed by atoms with van der Waals surface area (Å²) in [6.45, 7) is 9.92. The Morgan fingerprint density at radius 2 is 2.21 bits per heavy atom. The maximum absolute atomic E-state index is 6.23. The molecule has 1 aromatic heterocycles. The predicted molar refractivity (Wildman–Crippen MR) is 76.1 cm³/mol. The lowest BCUT2D eigenvalue weighted by Gasteiger charge is -2.53. The van der Waals surface area contributed by atoms with Gasteiger partial charge in [-0.05, 0) is 37.7 Å². The first-order chi connectivity index (χ1) is 9.09. The van der Waals surface area contributed by atoms with Crippen molar-refractivity contribution in [2.45, 2.75) is 59.5 Å². The van der Waals surface area contributed by atoms with Crippen molar-refractivity contribution in [3.63, 3.8) is 0 Å². The minimum atomic E-state index is 0.222. The van der Waals surface area contributed by atoms with Gasteiger partial charge in [-0.15, -0.1) is 0 Å². The van der Waals surface area contributed by atoms with Crippen LogP contribution in [0.15, 0.2) is 10.7 Å². The molecule has 2 aliphatic carbocycles. The SMILES string of the molecule is CCO[C@@H]1c2c(C)coc2C[C@H]2CCC[C@H](C)[C@]21C. The summed E-state index contributed by atoms with van der Waals surface area (Å²) in [7, 11) is 0. The normalized spacial score (nSPS) is 37.8. The van der Waals surface area contributed by atoms with E-state index in [0.29, 0.717) is 5.92 Å². The zero-order valence-corrected chi connectivity index (χ0v) is 12.7. The summed E-state index contributed by atoms with van der Waals surface area (Å²) in [5.41, 5.74) is 2.90. The number of aryl methyl sites for hydroxylation is 1. The van der Waals surface area contributed by atoms with E-state index in [-0.39, 0.29) is 11.5 Å². The summed E-state index contributed by atoms with van der Waals surface area (Å²) in [5.74, 6) is 2.63. The monoisotopic (exact) mass is 262 g/mol. The minimum absolute atomic E-state index is 0.222. The van der Waals surface area contributed by atoms with Gasteiger partial charge >= 0.3 is 0 Å². The van der Waals surface area contributed by atoms with Crippen LogP contribution in [0.3, 0.4) is 0 Å². The van der Waals surface area contributed by atoms with Crippen molar-refractivity contribution in [3.8, 4) is 0 Å². The lowest BCUT2D eigenvalue weighted by molar-refractivity contribution is -0.117. The third-order valence-electron chi connectivity index (χ3n) is 5.83. The van der Waals surface area contributed by atoms with Crippen LogP contribution >= 0.6 is 0 Å². The van der Waals surface area contributed by atoms with E-state index < -0.39 is 0 Å². The van der Waals surface area contributed by atoms with Crippen LogP contribution in [0, 0.1) is 24.2 Å². The lowest BCUT2D eigenvalue weighted by atomic mass is 9.54. The van der Waals surface area contributed by atoms with E-state index in [2.05, 4.69) is 27.7 Å². The molecule has 2 nitrogen and oxygen atoms in total. The third kappa shape index (κ3) is 1.79. The summed E-state index contributed by atoms with van der Waals surface area (Å²) in [5, 5.41) is 0. The van der Waals surface area contributed by atoms with Gasteiger partial charge in [0.15, 0.2) is 0 Å². The van der Waals surface area contributed by atoms with Crippen molar-refractivity contribution in [1.29, 1.82) is 0 Å². The van der Waals surface area contributed by atoms with Gasteiger partial charge in [-0.1, -0.05) is 26.7 Å². The molecule has 0 amide bonds.